The molecule has 0 radical (unpaired) electrons. The van der Waals surface area contributed by atoms with Crippen LogP contribution in [0.1, 0.15) is 42.3 Å². The highest BCUT2D eigenvalue weighted by Crippen LogP contribution is 2.31. The van der Waals surface area contributed by atoms with Gasteiger partial charge >= 0.3 is 0 Å². The normalized spacial score (nSPS) is 11.4. The third kappa shape index (κ3) is 4.63. The van der Waals surface area contributed by atoms with Gasteiger partial charge in [0, 0.05) is 29.2 Å². The van der Waals surface area contributed by atoms with Crippen molar-refractivity contribution in [3.05, 3.63) is 51.8 Å². The lowest BCUT2D eigenvalue weighted by Crippen LogP contribution is -2.05. The summed E-state index contributed by atoms with van der Waals surface area (Å²) in [4.78, 5) is 16.5. The van der Waals surface area contributed by atoms with Crippen molar-refractivity contribution in [3.8, 4) is 11.4 Å². The Hall–Kier alpha value is -2.09. The molecule has 4 rings (SSSR count). The summed E-state index contributed by atoms with van der Waals surface area (Å²) in [6.07, 6.45) is 6.62. The molecule has 8 heteroatoms. The van der Waals surface area contributed by atoms with E-state index >= 15 is 0 Å². The standard InChI is InChI=1S/C22H23ClN4OS2/c1-2-3-4-7-12-27-21(16-13-24-17-9-6-5-8-15(16)17)25-26-22(27)29-14-18(28)19-10-11-20(23)30-19/h5-6,8-11,13,24H,2-4,7,12,14H2,1H3. The number of hydrogen-bond acceptors (Lipinski definition) is 5. The topological polar surface area (TPSA) is 63.6 Å². The van der Waals surface area contributed by atoms with Gasteiger partial charge in [0.05, 0.1) is 15.0 Å². The van der Waals surface area contributed by atoms with Crippen LogP contribution in [0.4, 0.5) is 0 Å². The van der Waals surface area contributed by atoms with Crippen molar-refractivity contribution in [2.24, 2.45) is 0 Å². The first kappa shape index (κ1) is 21.2. The number of hydrogen-bond donors (Lipinski definition) is 1. The van der Waals surface area contributed by atoms with Gasteiger partial charge in [-0.3, -0.25) is 4.79 Å². The Morgan fingerprint density at radius 2 is 2.03 bits per heavy atom. The minimum atomic E-state index is 0.0612. The number of Topliss-reactive ketones (excluding diaryl/α,β-unsaturated/α-hetero) is 1. The van der Waals surface area contributed by atoms with Crippen molar-refractivity contribution >= 4 is 51.4 Å². The molecule has 0 saturated carbocycles. The van der Waals surface area contributed by atoms with E-state index in [0.717, 1.165) is 40.4 Å². The molecular formula is C22H23ClN4OS2. The third-order valence-electron chi connectivity index (χ3n) is 4.96. The van der Waals surface area contributed by atoms with Crippen molar-refractivity contribution in [2.45, 2.75) is 44.3 Å². The van der Waals surface area contributed by atoms with Gasteiger partial charge in [0.1, 0.15) is 0 Å². The van der Waals surface area contributed by atoms with E-state index in [0.29, 0.717) is 15.0 Å². The number of fused-ring (bicyclic) bond motifs is 1. The minimum absolute atomic E-state index is 0.0612. The molecule has 3 heterocycles. The van der Waals surface area contributed by atoms with Crippen molar-refractivity contribution in [1.82, 2.24) is 19.7 Å². The first-order valence-corrected chi connectivity index (χ1v) is 12.3. The zero-order chi connectivity index (χ0) is 20.9. The number of aromatic nitrogens is 4. The molecule has 30 heavy (non-hydrogen) atoms. The lowest BCUT2D eigenvalue weighted by atomic mass is 10.1. The number of carbonyl (C=O) groups is 1. The quantitative estimate of drug-likeness (QED) is 0.163. The molecule has 0 aliphatic carbocycles. The summed E-state index contributed by atoms with van der Waals surface area (Å²) in [5, 5.41) is 10.8. The van der Waals surface area contributed by atoms with Gasteiger partial charge in [-0.05, 0) is 24.6 Å². The molecule has 1 aromatic carbocycles. The fraction of sp³-hybridized carbons (Fsp3) is 0.318. The maximum Gasteiger partial charge on any atom is 0.191 e. The largest absolute Gasteiger partial charge is 0.360 e. The van der Waals surface area contributed by atoms with Crippen molar-refractivity contribution in [3.63, 3.8) is 0 Å². The van der Waals surface area contributed by atoms with Crippen LogP contribution in [0.25, 0.3) is 22.3 Å². The fourth-order valence-corrected chi connectivity index (χ4v) is 5.33. The molecule has 4 aromatic rings. The summed E-state index contributed by atoms with van der Waals surface area (Å²) in [6, 6.07) is 11.7. The van der Waals surface area contributed by atoms with E-state index in [1.165, 1.54) is 42.4 Å². The zero-order valence-corrected chi connectivity index (χ0v) is 19.1. The lowest BCUT2D eigenvalue weighted by Gasteiger charge is -2.09. The number of H-pyrrole nitrogens is 1. The summed E-state index contributed by atoms with van der Waals surface area (Å²) < 4.78 is 2.79. The predicted octanol–water partition coefficient (Wildman–Crippen LogP) is 6.70. The van der Waals surface area contributed by atoms with Crippen LogP contribution >= 0.6 is 34.7 Å². The molecule has 0 atom stereocenters. The average Bonchev–Trinajstić information content (AvgIpc) is 3.47. The number of nitrogens with one attached hydrogen (secondary N) is 1. The number of nitrogens with zero attached hydrogens (tertiary/aromatic N) is 3. The number of benzene rings is 1. The van der Waals surface area contributed by atoms with Gasteiger partial charge < -0.3 is 9.55 Å². The van der Waals surface area contributed by atoms with Gasteiger partial charge in [-0.25, -0.2) is 0 Å². The molecule has 0 amide bonds. The Kier molecular flexibility index (Phi) is 6.92. The molecule has 0 saturated heterocycles. The van der Waals surface area contributed by atoms with Gasteiger partial charge in [0.2, 0.25) is 0 Å². The molecule has 1 N–H and O–H groups in total. The number of halogens is 1. The van der Waals surface area contributed by atoms with E-state index in [9.17, 15) is 4.79 Å². The molecule has 156 valence electrons. The average molecular weight is 459 g/mol. The molecule has 0 unspecified atom stereocenters. The number of carbonyl (C=O) groups excluding carboxylic acids is 1. The summed E-state index contributed by atoms with van der Waals surface area (Å²) in [5.74, 6) is 1.22. The maximum absolute atomic E-state index is 12.5. The molecule has 0 bridgehead atoms. The van der Waals surface area contributed by atoms with Crippen LogP contribution < -0.4 is 0 Å². The first-order valence-electron chi connectivity index (χ1n) is 10.1. The van der Waals surface area contributed by atoms with E-state index < -0.39 is 0 Å². The second-order valence-corrected chi connectivity index (χ2v) is 9.74. The van der Waals surface area contributed by atoms with Crippen LogP contribution in [0, 0.1) is 0 Å². The van der Waals surface area contributed by atoms with Crippen LogP contribution in [0.15, 0.2) is 47.8 Å². The van der Waals surface area contributed by atoms with E-state index in [1.807, 2.05) is 18.3 Å². The van der Waals surface area contributed by atoms with Gasteiger partial charge in [-0.15, -0.1) is 21.5 Å². The maximum atomic E-state index is 12.5. The van der Waals surface area contributed by atoms with Crippen LogP contribution in [0.5, 0.6) is 0 Å². The second-order valence-electron chi connectivity index (χ2n) is 7.08. The summed E-state index contributed by atoms with van der Waals surface area (Å²) in [5.41, 5.74) is 2.11. The molecule has 3 aromatic heterocycles. The second kappa shape index (κ2) is 9.81. The summed E-state index contributed by atoms with van der Waals surface area (Å²) in [7, 11) is 0. The number of rotatable bonds is 10. The number of aromatic amines is 1. The number of ketones is 1. The highest BCUT2D eigenvalue weighted by atomic mass is 35.5. The molecule has 5 nitrogen and oxygen atoms in total. The molecular weight excluding hydrogens is 436 g/mol. The fourth-order valence-electron chi connectivity index (χ4n) is 3.41. The molecule has 0 fully saturated rings. The Morgan fingerprint density at radius 1 is 1.17 bits per heavy atom. The Bertz CT molecular complexity index is 1150. The number of unbranched alkanes of at least 4 members (excludes halogenated alkanes) is 3. The van der Waals surface area contributed by atoms with Crippen molar-refractivity contribution in [1.29, 1.82) is 0 Å². The van der Waals surface area contributed by atoms with E-state index in [-0.39, 0.29) is 5.78 Å². The number of thioether (sulfide) groups is 1. The summed E-state index contributed by atoms with van der Waals surface area (Å²) >= 11 is 8.72. The minimum Gasteiger partial charge on any atom is -0.360 e. The van der Waals surface area contributed by atoms with E-state index in [2.05, 4.69) is 38.8 Å². The predicted molar refractivity (Wildman–Crippen MR) is 126 cm³/mol. The first-order chi connectivity index (χ1) is 14.7. The van der Waals surface area contributed by atoms with Crippen molar-refractivity contribution in [2.75, 3.05) is 5.75 Å². The van der Waals surface area contributed by atoms with Crippen LogP contribution in [-0.4, -0.2) is 31.3 Å². The van der Waals surface area contributed by atoms with Gasteiger partial charge in [0.25, 0.3) is 0 Å². The van der Waals surface area contributed by atoms with Gasteiger partial charge in [-0.2, -0.15) is 0 Å². The van der Waals surface area contributed by atoms with Crippen LogP contribution in [-0.2, 0) is 6.54 Å². The highest BCUT2D eigenvalue weighted by Gasteiger charge is 2.19. The molecule has 0 spiro atoms. The molecule has 0 aliphatic rings. The van der Waals surface area contributed by atoms with E-state index in [1.54, 1.807) is 12.1 Å². The highest BCUT2D eigenvalue weighted by molar-refractivity contribution is 7.99. The third-order valence-corrected chi connectivity index (χ3v) is 7.20. The Labute approximate surface area is 188 Å². The van der Waals surface area contributed by atoms with Gasteiger partial charge in [0.15, 0.2) is 16.8 Å². The summed E-state index contributed by atoms with van der Waals surface area (Å²) in [6.45, 7) is 3.04. The monoisotopic (exact) mass is 458 g/mol. The zero-order valence-electron chi connectivity index (χ0n) is 16.7. The number of thiophene rings is 1. The van der Waals surface area contributed by atoms with Gasteiger partial charge in [-0.1, -0.05) is 67.7 Å². The number of para-hydroxylation sites is 1. The molecule has 0 aliphatic heterocycles. The van der Waals surface area contributed by atoms with Crippen LogP contribution in [0.2, 0.25) is 4.34 Å². The lowest BCUT2D eigenvalue weighted by molar-refractivity contribution is 0.102. The Morgan fingerprint density at radius 3 is 2.83 bits per heavy atom. The SMILES string of the molecule is CCCCCCn1c(SCC(=O)c2ccc(Cl)s2)nnc1-c1c[nH]c2ccccc12. The smallest absolute Gasteiger partial charge is 0.191 e. The van der Waals surface area contributed by atoms with Crippen LogP contribution in [0.3, 0.4) is 0 Å². The Balaban J connectivity index is 1.59. The van der Waals surface area contributed by atoms with E-state index in [4.69, 9.17) is 11.6 Å². The van der Waals surface area contributed by atoms with Crippen molar-refractivity contribution < 1.29 is 4.79 Å².